The zero-order chi connectivity index (χ0) is 16.0. The van der Waals surface area contributed by atoms with Crippen LogP contribution in [0, 0.1) is 5.92 Å². The molecule has 0 N–H and O–H groups in total. The standard InChI is InChI=1S/C18H21N3O2/c1-3-12-6-13-4-5-14(7-15(13)17(12)22)18(9-23-10-18)8-16-20-19-11-21(16)2/h4-5,7,11-12H,3,6,8-10H2,1-2H3. The molecule has 0 radical (unpaired) electrons. The highest BCUT2D eigenvalue weighted by atomic mass is 16.5. The number of aryl methyl sites for hydroxylation is 1. The number of nitrogens with zero attached hydrogens (tertiary/aromatic N) is 3. The molecule has 1 fully saturated rings. The summed E-state index contributed by atoms with van der Waals surface area (Å²) in [6.07, 6.45) is 4.31. The second kappa shape index (κ2) is 5.27. The van der Waals surface area contributed by atoms with Gasteiger partial charge >= 0.3 is 0 Å². The highest BCUT2D eigenvalue weighted by molar-refractivity contribution is 6.02. The van der Waals surface area contributed by atoms with Gasteiger partial charge in [0.1, 0.15) is 12.2 Å². The van der Waals surface area contributed by atoms with Crippen LogP contribution in [0.15, 0.2) is 24.5 Å². The SMILES string of the molecule is CCC1Cc2ccc(C3(Cc4nncn4C)COC3)cc2C1=O. The number of rotatable bonds is 4. The third-order valence-corrected chi connectivity index (χ3v) is 5.38. The van der Waals surface area contributed by atoms with E-state index in [1.165, 1.54) is 11.1 Å². The van der Waals surface area contributed by atoms with E-state index >= 15 is 0 Å². The first-order valence-corrected chi connectivity index (χ1v) is 8.21. The van der Waals surface area contributed by atoms with Gasteiger partial charge in [0.15, 0.2) is 5.78 Å². The molecule has 1 aromatic carbocycles. The number of ketones is 1. The summed E-state index contributed by atoms with van der Waals surface area (Å²) in [4.78, 5) is 12.5. The molecule has 2 heterocycles. The average molecular weight is 311 g/mol. The van der Waals surface area contributed by atoms with Crippen LogP contribution in [0.2, 0.25) is 0 Å². The lowest BCUT2D eigenvalue weighted by Crippen LogP contribution is -2.49. The summed E-state index contributed by atoms with van der Waals surface area (Å²) in [7, 11) is 1.96. The minimum atomic E-state index is -0.0829. The minimum Gasteiger partial charge on any atom is -0.379 e. The summed E-state index contributed by atoms with van der Waals surface area (Å²) >= 11 is 0. The smallest absolute Gasteiger partial charge is 0.166 e. The molecule has 2 aliphatic rings. The van der Waals surface area contributed by atoms with Gasteiger partial charge in [0.25, 0.3) is 0 Å². The molecule has 1 aliphatic carbocycles. The maximum absolute atomic E-state index is 12.5. The number of benzene rings is 1. The first-order chi connectivity index (χ1) is 11.1. The molecule has 0 saturated carbocycles. The molecule has 2 aromatic rings. The molecule has 23 heavy (non-hydrogen) atoms. The molecule has 0 bridgehead atoms. The number of hydrogen-bond donors (Lipinski definition) is 0. The fraction of sp³-hybridized carbons (Fsp3) is 0.500. The molecular formula is C18H21N3O2. The van der Waals surface area contributed by atoms with E-state index in [0.717, 1.165) is 30.7 Å². The molecule has 1 aliphatic heterocycles. The molecule has 0 amide bonds. The van der Waals surface area contributed by atoms with E-state index in [4.69, 9.17) is 4.74 Å². The highest BCUT2D eigenvalue weighted by Crippen LogP contribution is 2.38. The Morgan fingerprint density at radius 3 is 2.83 bits per heavy atom. The predicted molar refractivity (Wildman–Crippen MR) is 85.5 cm³/mol. The lowest BCUT2D eigenvalue weighted by atomic mass is 9.75. The molecular weight excluding hydrogens is 290 g/mol. The van der Waals surface area contributed by atoms with Gasteiger partial charge in [-0.3, -0.25) is 4.79 Å². The van der Waals surface area contributed by atoms with Crippen LogP contribution in [0.25, 0.3) is 0 Å². The molecule has 120 valence electrons. The largest absolute Gasteiger partial charge is 0.379 e. The van der Waals surface area contributed by atoms with Crippen LogP contribution < -0.4 is 0 Å². The fourth-order valence-electron chi connectivity index (χ4n) is 3.71. The Balaban J connectivity index is 1.69. The second-order valence-corrected chi connectivity index (χ2v) is 6.85. The van der Waals surface area contributed by atoms with Crippen LogP contribution in [-0.2, 0) is 30.0 Å². The number of aromatic nitrogens is 3. The van der Waals surface area contributed by atoms with Crippen molar-refractivity contribution in [3.63, 3.8) is 0 Å². The average Bonchev–Trinajstić information content (AvgIpc) is 3.06. The van der Waals surface area contributed by atoms with Gasteiger partial charge < -0.3 is 9.30 Å². The maximum atomic E-state index is 12.5. The number of carbonyl (C=O) groups excluding carboxylic acids is 1. The van der Waals surface area contributed by atoms with E-state index in [9.17, 15) is 4.79 Å². The van der Waals surface area contributed by atoms with Crippen molar-refractivity contribution in [3.05, 3.63) is 47.0 Å². The van der Waals surface area contributed by atoms with Crippen molar-refractivity contribution in [1.82, 2.24) is 14.8 Å². The zero-order valence-electron chi connectivity index (χ0n) is 13.6. The molecule has 5 nitrogen and oxygen atoms in total. The van der Waals surface area contributed by atoms with Crippen molar-refractivity contribution in [1.29, 1.82) is 0 Å². The summed E-state index contributed by atoms with van der Waals surface area (Å²) in [5.41, 5.74) is 3.22. The van der Waals surface area contributed by atoms with Crippen molar-refractivity contribution in [2.45, 2.75) is 31.6 Å². The Kier molecular flexibility index (Phi) is 3.34. The number of fused-ring (bicyclic) bond motifs is 1. The Bertz CT molecular complexity index is 761. The van der Waals surface area contributed by atoms with Crippen LogP contribution in [0.5, 0.6) is 0 Å². The maximum Gasteiger partial charge on any atom is 0.166 e. The monoisotopic (exact) mass is 311 g/mol. The van der Waals surface area contributed by atoms with E-state index in [-0.39, 0.29) is 11.3 Å². The van der Waals surface area contributed by atoms with Gasteiger partial charge in [0.2, 0.25) is 0 Å². The lowest BCUT2D eigenvalue weighted by molar-refractivity contribution is -0.0611. The Morgan fingerprint density at radius 2 is 2.22 bits per heavy atom. The van der Waals surface area contributed by atoms with E-state index in [1.54, 1.807) is 6.33 Å². The lowest BCUT2D eigenvalue weighted by Gasteiger charge is -2.42. The zero-order valence-corrected chi connectivity index (χ0v) is 13.6. The highest BCUT2D eigenvalue weighted by Gasteiger charge is 2.42. The predicted octanol–water partition coefficient (Wildman–Crippen LogP) is 2.09. The van der Waals surface area contributed by atoms with Crippen LogP contribution in [0.3, 0.4) is 0 Å². The van der Waals surface area contributed by atoms with E-state index in [1.807, 2.05) is 11.6 Å². The van der Waals surface area contributed by atoms with E-state index in [2.05, 4.69) is 35.3 Å². The molecule has 5 heteroatoms. The van der Waals surface area contributed by atoms with Crippen molar-refractivity contribution in [2.24, 2.45) is 13.0 Å². The first-order valence-electron chi connectivity index (χ1n) is 8.21. The normalized spacial score (nSPS) is 22.0. The van der Waals surface area contributed by atoms with Gasteiger partial charge in [0.05, 0.1) is 13.2 Å². The van der Waals surface area contributed by atoms with E-state index in [0.29, 0.717) is 19.0 Å². The van der Waals surface area contributed by atoms with Gasteiger partial charge in [0, 0.05) is 30.4 Å². The molecule has 1 atom stereocenters. The van der Waals surface area contributed by atoms with Crippen molar-refractivity contribution in [3.8, 4) is 0 Å². The summed E-state index contributed by atoms with van der Waals surface area (Å²) in [5.74, 6) is 1.41. The molecule has 1 saturated heterocycles. The van der Waals surface area contributed by atoms with Crippen LogP contribution in [0.1, 0.15) is 40.7 Å². The Morgan fingerprint density at radius 1 is 1.39 bits per heavy atom. The van der Waals surface area contributed by atoms with Gasteiger partial charge in [-0.25, -0.2) is 0 Å². The summed E-state index contributed by atoms with van der Waals surface area (Å²) in [5, 5.41) is 8.18. The van der Waals surface area contributed by atoms with Crippen LogP contribution in [0.4, 0.5) is 0 Å². The minimum absolute atomic E-state index is 0.0829. The Hall–Kier alpha value is -2.01. The van der Waals surface area contributed by atoms with Crippen LogP contribution in [-0.4, -0.2) is 33.8 Å². The van der Waals surface area contributed by atoms with Gasteiger partial charge in [-0.05, 0) is 30.0 Å². The quantitative estimate of drug-likeness (QED) is 0.867. The van der Waals surface area contributed by atoms with Gasteiger partial charge in [-0.1, -0.05) is 19.1 Å². The number of ether oxygens (including phenoxy) is 1. The third-order valence-electron chi connectivity index (χ3n) is 5.38. The molecule has 1 unspecified atom stereocenters. The summed E-state index contributed by atoms with van der Waals surface area (Å²) in [6.45, 7) is 3.43. The molecule has 1 aromatic heterocycles. The number of Topliss-reactive ketones (excluding diaryl/α,β-unsaturated/α-hetero) is 1. The van der Waals surface area contributed by atoms with E-state index < -0.39 is 0 Å². The number of carbonyl (C=O) groups is 1. The van der Waals surface area contributed by atoms with Crippen molar-refractivity contribution >= 4 is 5.78 Å². The van der Waals surface area contributed by atoms with Crippen molar-refractivity contribution < 1.29 is 9.53 Å². The summed E-state index contributed by atoms with van der Waals surface area (Å²) in [6, 6.07) is 6.41. The third kappa shape index (κ3) is 2.22. The first kappa shape index (κ1) is 14.6. The Labute approximate surface area is 135 Å². The van der Waals surface area contributed by atoms with Crippen LogP contribution >= 0.6 is 0 Å². The second-order valence-electron chi connectivity index (χ2n) is 6.85. The van der Waals surface area contributed by atoms with Gasteiger partial charge in [-0.2, -0.15) is 0 Å². The molecule has 4 rings (SSSR count). The summed E-state index contributed by atoms with van der Waals surface area (Å²) < 4.78 is 7.48. The molecule has 0 spiro atoms. The topological polar surface area (TPSA) is 57.0 Å². The van der Waals surface area contributed by atoms with Gasteiger partial charge in [-0.15, -0.1) is 10.2 Å². The number of hydrogen-bond acceptors (Lipinski definition) is 4. The van der Waals surface area contributed by atoms with Crippen molar-refractivity contribution in [2.75, 3.05) is 13.2 Å². The fourth-order valence-corrected chi connectivity index (χ4v) is 3.71.